The first-order valence-corrected chi connectivity index (χ1v) is 7.32. The van der Waals surface area contributed by atoms with E-state index < -0.39 is 0 Å². The second kappa shape index (κ2) is 4.88. The molecule has 0 amide bonds. The molecule has 0 saturated carbocycles. The van der Waals surface area contributed by atoms with Crippen molar-refractivity contribution in [3.63, 3.8) is 0 Å². The molecular weight excluding hydrogens is 288 g/mol. The van der Waals surface area contributed by atoms with Crippen LogP contribution in [0.2, 0.25) is 0 Å². The number of imidazole rings is 1. The van der Waals surface area contributed by atoms with Crippen molar-refractivity contribution < 1.29 is 0 Å². The fourth-order valence-electron chi connectivity index (χ4n) is 2.65. The predicted octanol–water partition coefficient (Wildman–Crippen LogP) is 4.13. The van der Waals surface area contributed by atoms with Crippen LogP contribution >= 0.6 is 15.9 Å². The Hall–Kier alpha value is -1.09. The Morgan fingerprint density at radius 2 is 2.11 bits per heavy atom. The lowest BCUT2D eigenvalue weighted by molar-refractivity contribution is 0.463. The monoisotopic (exact) mass is 304 g/mol. The molecule has 1 aromatic carbocycles. The SMILES string of the molecule is CC1CCCn2cc(Cc3ccc(Br)cc3)nc21. The second-order valence-corrected chi connectivity index (χ2v) is 6.05. The molecule has 2 nitrogen and oxygen atoms in total. The quantitative estimate of drug-likeness (QED) is 0.815. The Labute approximate surface area is 116 Å². The molecule has 2 aromatic rings. The number of fused-ring (bicyclic) bond motifs is 1. The highest BCUT2D eigenvalue weighted by atomic mass is 79.9. The standard InChI is InChI=1S/C15H17BrN2/c1-11-3-2-8-18-10-14(17-15(11)18)9-12-4-6-13(16)7-5-12/h4-7,10-11H,2-3,8-9H2,1H3. The topological polar surface area (TPSA) is 17.8 Å². The van der Waals surface area contributed by atoms with E-state index >= 15 is 0 Å². The molecule has 0 spiro atoms. The minimum absolute atomic E-state index is 0.609. The molecule has 0 fully saturated rings. The summed E-state index contributed by atoms with van der Waals surface area (Å²) < 4.78 is 3.46. The highest BCUT2D eigenvalue weighted by Crippen LogP contribution is 2.26. The molecule has 1 aromatic heterocycles. The third kappa shape index (κ3) is 2.37. The molecule has 0 bridgehead atoms. The number of hydrogen-bond acceptors (Lipinski definition) is 1. The normalized spacial score (nSPS) is 18.7. The molecule has 0 N–H and O–H groups in total. The zero-order valence-corrected chi connectivity index (χ0v) is 12.2. The van der Waals surface area contributed by atoms with Crippen LogP contribution in [0.3, 0.4) is 0 Å². The van der Waals surface area contributed by atoms with Crippen molar-refractivity contribution in [3.05, 3.63) is 52.0 Å². The lowest BCUT2D eigenvalue weighted by atomic mass is 10.0. The van der Waals surface area contributed by atoms with Crippen molar-refractivity contribution in [2.75, 3.05) is 0 Å². The van der Waals surface area contributed by atoms with Crippen molar-refractivity contribution >= 4 is 15.9 Å². The van der Waals surface area contributed by atoms with Crippen LogP contribution in [0, 0.1) is 0 Å². The summed E-state index contributed by atoms with van der Waals surface area (Å²) in [5.74, 6) is 1.88. The highest BCUT2D eigenvalue weighted by Gasteiger charge is 2.18. The molecule has 0 saturated heterocycles. The van der Waals surface area contributed by atoms with Crippen LogP contribution in [0.15, 0.2) is 34.9 Å². The molecule has 3 heteroatoms. The first kappa shape index (κ1) is 12.0. The molecular formula is C15H17BrN2. The van der Waals surface area contributed by atoms with Gasteiger partial charge >= 0.3 is 0 Å². The van der Waals surface area contributed by atoms with Gasteiger partial charge in [-0.2, -0.15) is 0 Å². The summed E-state index contributed by atoms with van der Waals surface area (Å²) in [5, 5.41) is 0. The van der Waals surface area contributed by atoms with Gasteiger partial charge in [0, 0.05) is 29.6 Å². The maximum atomic E-state index is 4.80. The molecule has 0 aliphatic carbocycles. The molecule has 1 aliphatic rings. The van der Waals surface area contributed by atoms with E-state index in [1.54, 1.807) is 0 Å². The van der Waals surface area contributed by atoms with Gasteiger partial charge in [-0.15, -0.1) is 0 Å². The van der Waals surface area contributed by atoms with Crippen LogP contribution in [0.25, 0.3) is 0 Å². The summed E-state index contributed by atoms with van der Waals surface area (Å²) in [6, 6.07) is 8.50. The van der Waals surface area contributed by atoms with Gasteiger partial charge in [-0.3, -0.25) is 0 Å². The van der Waals surface area contributed by atoms with Crippen LogP contribution in [0.5, 0.6) is 0 Å². The lowest BCUT2D eigenvalue weighted by Crippen LogP contribution is -2.12. The van der Waals surface area contributed by atoms with Crippen molar-refractivity contribution in [2.45, 2.75) is 38.6 Å². The third-order valence-corrected chi connectivity index (χ3v) is 4.16. The number of halogens is 1. The Bertz CT molecular complexity index is 542. The smallest absolute Gasteiger partial charge is 0.111 e. The second-order valence-electron chi connectivity index (χ2n) is 5.13. The Kier molecular flexibility index (Phi) is 3.25. The molecule has 2 heterocycles. The minimum atomic E-state index is 0.609. The average Bonchev–Trinajstić information content (AvgIpc) is 2.76. The number of nitrogens with zero attached hydrogens (tertiary/aromatic N) is 2. The van der Waals surface area contributed by atoms with E-state index in [1.165, 1.54) is 29.9 Å². The van der Waals surface area contributed by atoms with Crippen LogP contribution in [0.4, 0.5) is 0 Å². The Morgan fingerprint density at radius 3 is 2.83 bits per heavy atom. The molecule has 1 atom stereocenters. The van der Waals surface area contributed by atoms with E-state index in [0.717, 1.165) is 17.4 Å². The zero-order valence-electron chi connectivity index (χ0n) is 10.6. The fraction of sp³-hybridized carbons (Fsp3) is 0.400. The molecule has 94 valence electrons. The molecule has 1 aliphatic heterocycles. The third-order valence-electron chi connectivity index (χ3n) is 3.63. The molecule has 1 unspecified atom stereocenters. The summed E-state index contributed by atoms with van der Waals surface area (Å²) in [4.78, 5) is 4.80. The van der Waals surface area contributed by atoms with Crippen LogP contribution in [-0.4, -0.2) is 9.55 Å². The summed E-state index contributed by atoms with van der Waals surface area (Å²) in [6.45, 7) is 3.41. The van der Waals surface area contributed by atoms with Crippen LogP contribution in [0.1, 0.15) is 42.8 Å². The van der Waals surface area contributed by atoms with E-state index in [0.29, 0.717) is 5.92 Å². The number of hydrogen-bond donors (Lipinski definition) is 0. The van der Waals surface area contributed by atoms with E-state index in [-0.39, 0.29) is 0 Å². The summed E-state index contributed by atoms with van der Waals surface area (Å²) in [7, 11) is 0. The summed E-state index contributed by atoms with van der Waals surface area (Å²) >= 11 is 3.47. The van der Waals surface area contributed by atoms with Crippen LogP contribution < -0.4 is 0 Å². The van der Waals surface area contributed by atoms with Gasteiger partial charge in [-0.05, 0) is 30.5 Å². The van der Waals surface area contributed by atoms with E-state index in [4.69, 9.17) is 4.98 Å². The largest absolute Gasteiger partial charge is 0.334 e. The van der Waals surface area contributed by atoms with E-state index in [9.17, 15) is 0 Å². The van der Waals surface area contributed by atoms with E-state index in [2.05, 4.69) is 57.9 Å². The molecule has 0 radical (unpaired) electrons. The maximum Gasteiger partial charge on any atom is 0.111 e. The van der Waals surface area contributed by atoms with Gasteiger partial charge in [0.1, 0.15) is 5.82 Å². The lowest BCUT2D eigenvalue weighted by Gasteiger charge is -2.19. The van der Waals surface area contributed by atoms with Gasteiger partial charge in [0.2, 0.25) is 0 Å². The van der Waals surface area contributed by atoms with Gasteiger partial charge in [-0.25, -0.2) is 4.98 Å². The highest BCUT2D eigenvalue weighted by molar-refractivity contribution is 9.10. The summed E-state index contributed by atoms with van der Waals surface area (Å²) in [5.41, 5.74) is 2.52. The van der Waals surface area contributed by atoms with Crippen molar-refractivity contribution in [3.8, 4) is 0 Å². The van der Waals surface area contributed by atoms with Gasteiger partial charge in [0.05, 0.1) is 5.69 Å². The maximum absolute atomic E-state index is 4.80. The van der Waals surface area contributed by atoms with Crippen molar-refractivity contribution in [1.29, 1.82) is 0 Å². The minimum Gasteiger partial charge on any atom is -0.334 e. The predicted molar refractivity (Wildman–Crippen MR) is 76.8 cm³/mol. The van der Waals surface area contributed by atoms with Crippen LogP contribution in [-0.2, 0) is 13.0 Å². The number of aryl methyl sites for hydroxylation is 1. The average molecular weight is 305 g/mol. The van der Waals surface area contributed by atoms with Gasteiger partial charge in [0.25, 0.3) is 0 Å². The van der Waals surface area contributed by atoms with Crippen molar-refractivity contribution in [2.24, 2.45) is 0 Å². The van der Waals surface area contributed by atoms with Crippen molar-refractivity contribution in [1.82, 2.24) is 9.55 Å². The zero-order chi connectivity index (χ0) is 12.5. The molecule has 18 heavy (non-hydrogen) atoms. The van der Waals surface area contributed by atoms with Gasteiger partial charge < -0.3 is 4.57 Å². The number of rotatable bonds is 2. The Balaban J connectivity index is 1.83. The van der Waals surface area contributed by atoms with E-state index in [1.807, 2.05) is 0 Å². The number of benzene rings is 1. The fourth-order valence-corrected chi connectivity index (χ4v) is 2.92. The van der Waals surface area contributed by atoms with Gasteiger partial charge in [-0.1, -0.05) is 35.0 Å². The molecule has 3 rings (SSSR count). The Morgan fingerprint density at radius 1 is 1.33 bits per heavy atom. The summed E-state index contributed by atoms with van der Waals surface area (Å²) in [6.07, 6.45) is 5.71. The first-order chi connectivity index (χ1) is 8.72. The number of aromatic nitrogens is 2. The first-order valence-electron chi connectivity index (χ1n) is 6.53. The van der Waals surface area contributed by atoms with Gasteiger partial charge in [0.15, 0.2) is 0 Å².